The molecule has 0 unspecified atom stereocenters. The maximum absolute atomic E-state index is 5.85. The van der Waals surface area contributed by atoms with E-state index in [-0.39, 0.29) is 0 Å². The quantitative estimate of drug-likeness (QED) is 0.879. The zero-order chi connectivity index (χ0) is 15.2. The van der Waals surface area contributed by atoms with E-state index in [1.165, 1.54) is 0 Å². The lowest BCUT2D eigenvalue weighted by Crippen LogP contribution is -2.14. The minimum absolute atomic E-state index is 0.348. The number of anilines is 3. The Hall–Kier alpha value is -2.34. The van der Waals surface area contributed by atoms with Crippen molar-refractivity contribution in [2.45, 2.75) is 13.5 Å². The molecule has 0 spiro atoms. The van der Waals surface area contributed by atoms with Crippen LogP contribution in [0.2, 0.25) is 0 Å². The second-order valence-corrected chi connectivity index (χ2v) is 4.46. The van der Waals surface area contributed by atoms with E-state index < -0.39 is 0 Å². The smallest absolute Gasteiger partial charge is 0.158 e. The molecule has 2 N–H and O–H groups in total. The lowest BCUT2D eigenvalue weighted by atomic mass is 10.2. The molecule has 1 aromatic carbocycles. The van der Waals surface area contributed by atoms with Crippen LogP contribution in [0.5, 0.6) is 5.75 Å². The first-order chi connectivity index (χ1) is 10.1. The van der Waals surface area contributed by atoms with Crippen molar-refractivity contribution in [3.05, 3.63) is 36.2 Å². The van der Waals surface area contributed by atoms with Crippen LogP contribution in [0, 0.1) is 0 Å². The zero-order valence-electron chi connectivity index (χ0n) is 12.5. The van der Waals surface area contributed by atoms with Crippen LogP contribution < -0.4 is 15.4 Å². The molecule has 6 heteroatoms. The molecule has 0 fully saturated rings. The molecule has 6 nitrogen and oxygen atoms in total. The number of hydrogen-bond donors (Lipinski definition) is 1. The Morgan fingerprint density at radius 2 is 2.05 bits per heavy atom. The van der Waals surface area contributed by atoms with E-state index in [4.69, 9.17) is 15.2 Å². The Morgan fingerprint density at radius 3 is 2.76 bits per heavy atom. The number of hydrogen-bond acceptors (Lipinski definition) is 6. The minimum atomic E-state index is 0.348. The van der Waals surface area contributed by atoms with Gasteiger partial charge in [-0.1, -0.05) is 6.07 Å². The first-order valence-corrected chi connectivity index (χ1v) is 6.73. The first-order valence-electron chi connectivity index (χ1n) is 6.73. The fourth-order valence-corrected chi connectivity index (χ4v) is 1.88. The van der Waals surface area contributed by atoms with Gasteiger partial charge in [0.05, 0.1) is 7.11 Å². The largest absolute Gasteiger partial charge is 0.497 e. The summed E-state index contributed by atoms with van der Waals surface area (Å²) in [6.45, 7) is 2.88. The van der Waals surface area contributed by atoms with Crippen molar-refractivity contribution in [2.75, 3.05) is 31.4 Å². The molecular formula is C15H20N4O2. The molecule has 0 atom stereocenters. The van der Waals surface area contributed by atoms with Crippen molar-refractivity contribution >= 4 is 17.3 Å². The van der Waals surface area contributed by atoms with E-state index in [2.05, 4.69) is 9.97 Å². The molecule has 0 saturated heterocycles. The van der Waals surface area contributed by atoms with Crippen LogP contribution in [-0.4, -0.2) is 30.7 Å². The minimum Gasteiger partial charge on any atom is -0.497 e. The number of nitrogens with zero attached hydrogens (tertiary/aromatic N) is 3. The van der Waals surface area contributed by atoms with Crippen LogP contribution in [0.15, 0.2) is 30.3 Å². The lowest BCUT2D eigenvalue weighted by molar-refractivity contribution is 0.128. The van der Waals surface area contributed by atoms with E-state index in [0.29, 0.717) is 30.7 Å². The van der Waals surface area contributed by atoms with Gasteiger partial charge in [0.2, 0.25) is 0 Å². The summed E-state index contributed by atoms with van der Waals surface area (Å²) < 4.78 is 10.6. The highest BCUT2D eigenvalue weighted by Gasteiger charge is 2.10. The summed E-state index contributed by atoms with van der Waals surface area (Å²) in [4.78, 5) is 10.6. The highest BCUT2D eigenvalue weighted by atomic mass is 16.5. The van der Waals surface area contributed by atoms with Crippen LogP contribution in [0.1, 0.15) is 12.7 Å². The molecule has 2 aromatic rings. The summed E-state index contributed by atoms with van der Waals surface area (Å²) in [6.07, 6.45) is 0. The predicted molar refractivity (Wildman–Crippen MR) is 82.8 cm³/mol. The maximum atomic E-state index is 5.85. The van der Waals surface area contributed by atoms with Crippen LogP contribution in [0.4, 0.5) is 17.3 Å². The Bertz CT molecular complexity index is 604. The van der Waals surface area contributed by atoms with Gasteiger partial charge in [-0.05, 0) is 19.1 Å². The normalized spacial score (nSPS) is 10.4. The van der Waals surface area contributed by atoms with Gasteiger partial charge in [-0.15, -0.1) is 0 Å². The van der Waals surface area contributed by atoms with Gasteiger partial charge in [-0.3, -0.25) is 0 Å². The molecule has 0 amide bonds. The molecular weight excluding hydrogens is 268 g/mol. The van der Waals surface area contributed by atoms with Crippen molar-refractivity contribution in [2.24, 2.45) is 0 Å². The molecule has 1 heterocycles. The van der Waals surface area contributed by atoms with Gasteiger partial charge in [0, 0.05) is 31.5 Å². The Labute approximate surface area is 124 Å². The summed E-state index contributed by atoms with van der Waals surface area (Å²) in [5, 5.41) is 0. The van der Waals surface area contributed by atoms with Crippen molar-refractivity contribution in [1.82, 2.24) is 9.97 Å². The van der Waals surface area contributed by atoms with Crippen molar-refractivity contribution < 1.29 is 9.47 Å². The molecule has 2 rings (SSSR count). The fourth-order valence-electron chi connectivity index (χ4n) is 1.88. The Kier molecular flexibility index (Phi) is 4.94. The molecule has 0 radical (unpaired) electrons. The van der Waals surface area contributed by atoms with Crippen molar-refractivity contribution in [3.8, 4) is 5.75 Å². The van der Waals surface area contributed by atoms with Gasteiger partial charge in [0.25, 0.3) is 0 Å². The number of nitrogens with two attached hydrogens (primary N) is 1. The van der Waals surface area contributed by atoms with Gasteiger partial charge in [0.1, 0.15) is 24.0 Å². The third-order valence-electron chi connectivity index (χ3n) is 3.00. The summed E-state index contributed by atoms with van der Waals surface area (Å²) in [6, 6.07) is 9.46. The molecule has 0 aliphatic carbocycles. The van der Waals surface area contributed by atoms with Gasteiger partial charge in [-0.2, -0.15) is 0 Å². The van der Waals surface area contributed by atoms with Crippen LogP contribution in [0.3, 0.4) is 0 Å². The van der Waals surface area contributed by atoms with Gasteiger partial charge >= 0.3 is 0 Å². The van der Waals surface area contributed by atoms with Gasteiger partial charge in [0.15, 0.2) is 5.82 Å². The highest BCUT2D eigenvalue weighted by molar-refractivity contribution is 5.62. The van der Waals surface area contributed by atoms with Gasteiger partial charge < -0.3 is 20.1 Å². The third-order valence-corrected chi connectivity index (χ3v) is 3.00. The summed E-state index contributed by atoms with van der Waals surface area (Å²) in [5.74, 6) is 2.49. The monoisotopic (exact) mass is 288 g/mol. The first kappa shape index (κ1) is 15.1. The molecule has 112 valence electrons. The second-order valence-electron chi connectivity index (χ2n) is 4.46. The lowest BCUT2D eigenvalue weighted by Gasteiger charge is -2.19. The van der Waals surface area contributed by atoms with Crippen LogP contribution in [0.25, 0.3) is 0 Å². The van der Waals surface area contributed by atoms with E-state index >= 15 is 0 Å². The van der Waals surface area contributed by atoms with E-state index in [1.807, 2.05) is 43.1 Å². The number of ether oxygens (including phenoxy) is 2. The third kappa shape index (κ3) is 3.82. The number of rotatable bonds is 6. The van der Waals surface area contributed by atoms with E-state index in [1.54, 1.807) is 13.2 Å². The number of aromatic nitrogens is 2. The summed E-state index contributed by atoms with van der Waals surface area (Å²) in [5.41, 5.74) is 6.80. The molecule has 21 heavy (non-hydrogen) atoms. The van der Waals surface area contributed by atoms with E-state index in [0.717, 1.165) is 11.4 Å². The number of methoxy groups -OCH3 is 1. The highest BCUT2D eigenvalue weighted by Crippen LogP contribution is 2.26. The average Bonchev–Trinajstić information content (AvgIpc) is 2.51. The Balaban J connectivity index is 2.28. The standard InChI is InChI=1S/C15H20N4O2/c1-4-21-10-14-17-13(16)9-15(18-14)19(2)11-6-5-7-12(8-11)20-3/h5-9H,4,10H2,1-3H3,(H2,16,17,18). The molecule has 0 aliphatic heterocycles. The predicted octanol–water partition coefficient (Wildman–Crippen LogP) is 2.37. The average molecular weight is 288 g/mol. The molecule has 1 aromatic heterocycles. The SMILES string of the molecule is CCOCc1nc(N)cc(N(C)c2cccc(OC)c2)n1. The maximum Gasteiger partial charge on any atom is 0.158 e. The fraction of sp³-hybridized carbons (Fsp3) is 0.333. The second kappa shape index (κ2) is 6.90. The number of nitrogen functional groups attached to an aromatic ring is 1. The molecule has 0 bridgehead atoms. The summed E-state index contributed by atoms with van der Waals surface area (Å²) in [7, 11) is 3.56. The van der Waals surface area contributed by atoms with Gasteiger partial charge in [-0.25, -0.2) is 9.97 Å². The van der Waals surface area contributed by atoms with Crippen LogP contribution in [-0.2, 0) is 11.3 Å². The molecule has 0 aliphatic rings. The summed E-state index contributed by atoms with van der Waals surface area (Å²) >= 11 is 0. The van der Waals surface area contributed by atoms with Crippen LogP contribution >= 0.6 is 0 Å². The topological polar surface area (TPSA) is 73.5 Å². The zero-order valence-corrected chi connectivity index (χ0v) is 12.5. The molecule has 0 saturated carbocycles. The number of benzene rings is 1. The van der Waals surface area contributed by atoms with Crippen molar-refractivity contribution in [3.63, 3.8) is 0 Å². The Morgan fingerprint density at radius 1 is 1.24 bits per heavy atom. The van der Waals surface area contributed by atoms with E-state index in [9.17, 15) is 0 Å². The van der Waals surface area contributed by atoms with Crippen molar-refractivity contribution in [1.29, 1.82) is 0 Å².